The summed E-state index contributed by atoms with van der Waals surface area (Å²) in [6.07, 6.45) is -1.27. The highest BCUT2D eigenvalue weighted by molar-refractivity contribution is 7.99. The van der Waals surface area contributed by atoms with Gasteiger partial charge in [-0.3, -0.25) is 9.89 Å². The number of H-pyrrole nitrogens is 1. The van der Waals surface area contributed by atoms with Crippen LogP contribution in [0.1, 0.15) is 21.7 Å². The summed E-state index contributed by atoms with van der Waals surface area (Å²) in [4.78, 5) is 15.9. The Bertz CT molecular complexity index is 949. The van der Waals surface area contributed by atoms with Crippen LogP contribution in [0.15, 0.2) is 63.4 Å². The van der Waals surface area contributed by atoms with Gasteiger partial charge < -0.3 is 9.52 Å². The first kappa shape index (κ1) is 17.8. The Balaban J connectivity index is 1.89. The summed E-state index contributed by atoms with van der Waals surface area (Å²) < 4.78 is 44.4. The number of aliphatic hydroxyl groups is 1. The fraction of sp³-hybridized carbons (Fsp3) is 0.0625. The number of ketones is 1. The number of carbonyl (C=O) groups excluding carboxylic acids is 1. The highest BCUT2D eigenvalue weighted by Crippen LogP contribution is 2.40. The van der Waals surface area contributed by atoms with Crippen LogP contribution in [-0.4, -0.2) is 26.1 Å². The minimum absolute atomic E-state index is 0.00839. The van der Waals surface area contributed by atoms with E-state index in [0.717, 1.165) is 12.1 Å². The van der Waals surface area contributed by atoms with Crippen molar-refractivity contribution in [1.82, 2.24) is 15.2 Å². The van der Waals surface area contributed by atoms with E-state index in [0.29, 0.717) is 11.8 Å². The number of aliphatic hydroxyl groups excluding tert-OH is 1. The lowest BCUT2D eigenvalue weighted by Gasteiger charge is -2.11. The molecule has 10 heteroatoms. The molecule has 3 rings (SSSR count). The predicted molar refractivity (Wildman–Crippen MR) is 85.6 cm³/mol. The number of aromatic nitrogens is 3. The average Bonchev–Trinajstić information content (AvgIpc) is 3.26. The van der Waals surface area contributed by atoms with Crippen LogP contribution in [0.25, 0.3) is 5.76 Å². The number of halogens is 3. The first-order chi connectivity index (χ1) is 12.4. The Labute approximate surface area is 148 Å². The first-order valence-electron chi connectivity index (χ1n) is 7.09. The summed E-state index contributed by atoms with van der Waals surface area (Å²) in [5, 5.41) is 15.8. The summed E-state index contributed by atoms with van der Waals surface area (Å²) in [6, 6.07) is 6.27. The highest BCUT2D eigenvalue weighted by Gasteiger charge is 2.33. The van der Waals surface area contributed by atoms with Crippen molar-refractivity contribution in [2.45, 2.75) is 16.2 Å². The Morgan fingerprint density at radius 2 is 2.04 bits per heavy atom. The largest absolute Gasteiger partial charge is 0.504 e. The molecule has 26 heavy (non-hydrogen) atoms. The molecular formula is C16H10F3N3O3S. The SMILES string of the molecule is O=C(C=C(O)c1nc[nH]n1)c1ccoc1Sc1ccccc1C(F)(F)F. The molecule has 0 aliphatic heterocycles. The maximum absolute atomic E-state index is 13.1. The van der Waals surface area contributed by atoms with Gasteiger partial charge in [0.05, 0.1) is 17.4 Å². The van der Waals surface area contributed by atoms with Crippen LogP contribution in [0.3, 0.4) is 0 Å². The van der Waals surface area contributed by atoms with Crippen LogP contribution in [0.5, 0.6) is 0 Å². The number of carbonyl (C=O) groups is 1. The van der Waals surface area contributed by atoms with Crippen molar-refractivity contribution >= 4 is 23.3 Å². The number of rotatable bonds is 5. The van der Waals surface area contributed by atoms with Crippen molar-refractivity contribution in [2.75, 3.05) is 0 Å². The third-order valence-corrected chi connectivity index (χ3v) is 4.28. The molecular weight excluding hydrogens is 371 g/mol. The fourth-order valence-electron chi connectivity index (χ4n) is 2.05. The van der Waals surface area contributed by atoms with E-state index in [1.54, 1.807) is 0 Å². The van der Waals surface area contributed by atoms with E-state index < -0.39 is 23.3 Å². The van der Waals surface area contributed by atoms with Gasteiger partial charge >= 0.3 is 6.18 Å². The number of hydrogen-bond acceptors (Lipinski definition) is 6. The van der Waals surface area contributed by atoms with Crippen molar-refractivity contribution in [2.24, 2.45) is 0 Å². The zero-order valence-corrected chi connectivity index (χ0v) is 13.6. The van der Waals surface area contributed by atoms with E-state index in [2.05, 4.69) is 15.2 Å². The Hall–Kier alpha value is -3.01. The number of furan rings is 1. The molecule has 0 saturated heterocycles. The third kappa shape index (κ3) is 3.80. The van der Waals surface area contributed by atoms with Gasteiger partial charge in [0.15, 0.2) is 16.6 Å². The van der Waals surface area contributed by atoms with E-state index in [1.807, 2.05) is 0 Å². The lowest BCUT2D eigenvalue weighted by atomic mass is 10.2. The summed E-state index contributed by atoms with van der Waals surface area (Å²) in [7, 11) is 0. The standard InChI is InChI=1S/C16H10F3N3O3S/c17-16(18,19)10-3-1-2-4-13(10)26-15-9(5-6-25-15)11(23)7-12(24)14-20-8-21-22-14/h1-8,24H,(H,20,21,22). The number of alkyl halides is 3. The highest BCUT2D eigenvalue weighted by atomic mass is 32.2. The Kier molecular flexibility index (Phi) is 4.85. The van der Waals surface area contributed by atoms with Crippen molar-refractivity contribution in [3.8, 4) is 0 Å². The van der Waals surface area contributed by atoms with Crippen LogP contribution < -0.4 is 0 Å². The minimum atomic E-state index is -4.54. The third-order valence-electron chi connectivity index (χ3n) is 3.20. The zero-order chi connectivity index (χ0) is 18.7. The molecule has 3 aromatic rings. The van der Waals surface area contributed by atoms with Gasteiger partial charge in [-0.05, 0) is 18.2 Å². The number of nitrogens with zero attached hydrogens (tertiary/aromatic N) is 2. The lowest BCUT2D eigenvalue weighted by Crippen LogP contribution is -2.06. The molecule has 0 radical (unpaired) electrons. The second-order valence-electron chi connectivity index (χ2n) is 4.93. The minimum Gasteiger partial charge on any atom is -0.504 e. The van der Waals surface area contributed by atoms with Crippen molar-refractivity contribution in [3.05, 3.63) is 65.9 Å². The molecule has 0 aliphatic rings. The molecule has 2 N–H and O–H groups in total. The smallest absolute Gasteiger partial charge is 0.417 e. The Morgan fingerprint density at radius 1 is 1.27 bits per heavy atom. The molecule has 0 fully saturated rings. The topological polar surface area (TPSA) is 92.0 Å². The van der Waals surface area contributed by atoms with Gasteiger partial charge in [0.1, 0.15) is 6.33 Å². The fourth-order valence-corrected chi connectivity index (χ4v) is 3.07. The van der Waals surface area contributed by atoms with E-state index in [4.69, 9.17) is 4.42 Å². The number of benzene rings is 1. The molecule has 6 nitrogen and oxygen atoms in total. The van der Waals surface area contributed by atoms with Crippen LogP contribution in [0.2, 0.25) is 0 Å². The maximum Gasteiger partial charge on any atom is 0.417 e. The summed E-state index contributed by atoms with van der Waals surface area (Å²) in [5.74, 6) is -1.23. The zero-order valence-electron chi connectivity index (χ0n) is 12.8. The van der Waals surface area contributed by atoms with E-state index >= 15 is 0 Å². The van der Waals surface area contributed by atoms with Crippen LogP contribution in [-0.2, 0) is 6.18 Å². The second-order valence-corrected chi connectivity index (χ2v) is 5.95. The first-order valence-corrected chi connectivity index (χ1v) is 7.90. The van der Waals surface area contributed by atoms with Gasteiger partial charge in [-0.1, -0.05) is 23.9 Å². The van der Waals surface area contributed by atoms with Gasteiger partial charge in [0.2, 0.25) is 5.82 Å². The molecule has 2 aromatic heterocycles. The van der Waals surface area contributed by atoms with E-state index in [9.17, 15) is 23.1 Å². The van der Waals surface area contributed by atoms with E-state index in [-0.39, 0.29) is 21.4 Å². The van der Waals surface area contributed by atoms with Crippen molar-refractivity contribution in [1.29, 1.82) is 0 Å². The summed E-state index contributed by atoms with van der Waals surface area (Å²) in [6.45, 7) is 0. The molecule has 0 saturated carbocycles. The molecule has 0 amide bonds. The number of nitrogens with one attached hydrogen (secondary N) is 1. The molecule has 134 valence electrons. The van der Waals surface area contributed by atoms with Crippen molar-refractivity contribution < 1.29 is 27.5 Å². The van der Waals surface area contributed by atoms with Gasteiger partial charge in [-0.25, -0.2) is 4.98 Å². The van der Waals surface area contributed by atoms with Gasteiger partial charge in [0, 0.05) is 11.0 Å². The van der Waals surface area contributed by atoms with Gasteiger partial charge in [-0.2, -0.15) is 18.3 Å². The quantitative estimate of drug-likeness (QED) is 0.388. The average molecular weight is 381 g/mol. The van der Waals surface area contributed by atoms with Crippen LogP contribution in [0, 0.1) is 0 Å². The normalized spacial score (nSPS) is 12.3. The molecule has 2 heterocycles. The molecule has 1 aromatic carbocycles. The number of aromatic amines is 1. The Morgan fingerprint density at radius 3 is 2.73 bits per heavy atom. The second kappa shape index (κ2) is 7.08. The van der Waals surface area contributed by atoms with E-state index in [1.165, 1.54) is 36.9 Å². The van der Waals surface area contributed by atoms with Gasteiger partial charge in [0.25, 0.3) is 0 Å². The molecule has 0 unspecified atom stereocenters. The number of allylic oxidation sites excluding steroid dienone is 1. The summed E-state index contributed by atoms with van der Waals surface area (Å²) in [5.41, 5.74) is -0.826. The number of hydrogen-bond donors (Lipinski definition) is 2. The predicted octanol–water partition coefficient (Wildman–Crippen LogP) is 4.35. The van der Waals surface area contributed by atoms with Crippen LogP contribution >= 0.6 is 11.8 Å². The van der Waals surface area contributed by atoms with Crippen molar-refractivity contribution in [3.63, 3.8) is 0 Å². The molecule has 0 spiro atoms. The monoisotopic (exact) mass is 381 g/mol. The molecule has 0 bridgehead atoms. The maximum atomic E-state index is 13.1. The molecule has 0 atom stereocenters. The van der Waals surface area contributed by atoms with Crippen LogP contribution in [0.4, 0.5) is 13.2 Å². The molecule has 0 aliphatic carbocycles. The lowest BCUT2D eigenvalue weighted by molar-refractivity contribution is -0.139. The van der Waals surface area contributed by atoms with Gasteiger partial charge in [-0.15, -0.1) is 0 Å². The summed E-state index contributed by atoms with van der Waals surface area (Å²) >= 11 is 0.671.